The first kappa shape index (κ1) is 16.1. The number of amides is 1. The molecule has 1 aromatic carbocycles. The molecule has 1 aliphatic rings. The van der Waals surface area contributed by atoms with Gasteiger partial charge in [-0.05, 0) is 50.0 Å². The average Bonchev–Trinajstić information content (AvgIpc) is 2.52. The predicted molar refractivity (Wildman–Crippen MR) is 84.5 cm³/mol. The number of ether oxygens (including phenoxy) is 1. The van der Waals surface area contributed by atoms with Crippen molar-refractivity contribution in [3.8, 4) is 0 Å². The van der Waals surface area contributed by atoms with Gasteiger partial charge in [0.05, 0.1) is 0 Å². The summed E-state index contributed by atoms with van der Waals surface area (Å²) in [6.07, 6.45) is 2.73. The molecule has 0 atom stereocenters. The number of rotatable bonds is 5. The highest BCUT2D eigenvalue weighted by Crippen LogP contribution is 2.15. The van der Waals surface area contributed by atoms with E-state index in [1.54, 1.807) is 12.1 Å². The second-order valence-electron chi connectivity index (χ2n) is 5.36. The van der Waals surface area contributed by atoms with Gasteiger partial charge in [0, 0.05) is 17.6 Å². The molecule has 1 fully saturated rings. The maximum Gasteiger partial charge on any atom is 0.410 e. The van der Waals surface area contributed by atoms with E-state index < -0.39 is 0 Å². The second kappa shape index (κ2) is 8.25. The zero-order chi connectivity index (χ0) is 15.1. The van der Waals surface area contributed by atoms with Gasteiger partial charge in [-0.25, -0.2) is 4.79 Å². The van der Waals surface area contributed by atoms with E-state index in [2.05, 4.69) is 12.2 Å². The molecule has 0 radical (unpaired) electrons. The van der Waals surface area contributed by atoms with Crippen LogP contribution < -0.4 is 5.32 Å². The Morgan fingerprint density at radius 3 is 2.62 bits per heavy atom. The summed E-state index contributed by atoms with van der Waals surface area (Å²) in [5, 5.41) is 4.01. The Morgan fingerprint density at radius 2 is 2.00 bits per heavy atom. The molecule has 1 amide bonds. The number of carbonyl (C=O) groups excluding carboxylic acids is 1. The van der Waals surface area contributed by atoms with Gasteiger partial charge >= 0.3 is 6.09 Å². The molecule has 21 heavy (non-hydrogen) atoms. The lowest BCUT2D eigenvalue weighted by molar-refractivity contribution is 0.0734. The summed E-state index contributed by atoms with van der Waals surface area (Å²) in [6, 6.07) is 7.67. The van der Waals surface area contributed by atoms with Crippen LogP contribution in [0.5, 0.6) is 0 Å². The van der Waals surface area contributed by atoms with Crippen LogP contribution in [0.25, 0.3) is 0 Å². The number of hydrogen-bond donors (Lipinski definition) is 1. The Morgan fingerprint density at radius 1 is 1.33 bits per heavy atom. The molecule has 1 heterocycles. The van der Waals surface area contributed by atoms with Gasteiger partial charge in [0.1, 0.15) is 6.61 Å². The van der Waals surface area contributed by atoms with Crippen LogP contribution in [0.1, 0.15) is 31.7 Å². The Balaban J connectivity index is 1.89. The van der Waals surface area contributed by atoms with Crippen molar-refractivity contribution < 1.29 is 9.53 Å². The molecule has 2 rings (SSSR count). The Labute approximate surface area is 131 Å². The lowest BCUT2D eigenvalue weighted by Crippen LogP contribution is -2.46. The number of benzene rings is 1. The largest absolute Gasteiger partial charge is 0.445 e. The molecular formula is C16H23ClN2O2. The van der Waals surface area contributed by atoms with Crippen LogP contribution in [0.3, 0.4) is 0 Å². The van der Waals surface area contributed by atoms with Crippen molar-refractivity contribution in [1.82, 2.24) is 10.2 Å². The summed E-state index contributed by atoms with van der Waals surface area (Å²) in [6.45, 7) is 5.07. The van der Waals surface area contributed by atoms with Crippen molar-refractivity contribution in [3.05, 3.63) is 34.9 Å². The van der Waals surface area contributed by atoms with Gasteiger partial charge in [-0.2, -0.15) is 0 Å². The van der Waals surface area contributed by atoms with Gasteiger partial charge in [-0.15, -0.1) is 0 Å². The number of nitrogens with one attached hydrogen (secondary N) is 1. The van der Waals surface area contributed by atoms with E-state index in [-0.39, 0.29) is 6.09 Å². The van der Waals surface area contributed by atoms with Crippen LogP contribution in [0.2, 0.25) is 5.02 Å². The number of piperidine rings is 1. The number of halogens is 1. The van der Waals surface area contributed by atoms with Crippen molar-refractivity contribution in [1.29, 1.82) is 0 Å². The van der Waals surface area contributed by atoms with Gasteiger partial charge < -0.3 is 15.0 Å². The van der Waals surface area contributed by atoms with Crippen LogP contribution in [-0.2, 0) is 11.3 Å². The standard InChI is InChI=1S/C16H23ClN2O2/c1-2-11-19(15-7-9-18-10-8-15)16(20)21-12-13-3-5-14(17)6-4-13/h3-6,15,18H,2,7-12H2,1H3. The number of hydrogen-bond acceptors (Lipinski definition) is 3. The summed E-state index contributed by atoms with van der Waals surface area (Å²) in [5.74, 6) is 0. The highest BCUT2D eigenvalue weighted by molar-refractivity contribution is 6.30. The van der Waals surface area contributed by atoms with Gasteiger partial charge in [-0.1, -0.05) is 30.7 Å². The molecule has 1 aromatic rings. The molecule has 116 valence electrons. The Hall–Kier alpha value is -1.26. The van der Waals surface area contributed by atoms with E-state index >= 15 is 0 Å². The first-order valence-corrected chi connectivity index (χ1v) is 7.97. The highest BCUT2D eigenvalue weighted by Gasteiger charge is 2.25. The normalized spacial score (nSPS) is 15.7. The lowest BCUT2D eigenvalue weighted by atomic mass is 10.1. The fraction of sp³-hybridized carbons (Fsp3) is 0.562. The second-order valence-corrected chi connectivity index (χ2v) is 5.79. The monoisotopic (exact) mass is 310 g/mol. The highest BCUT2D eigenvalue weighted by atomic mass is 35.5. The van der Waals surface area contributed by atoms with Gasteiger partial charge in [-0.3, -0.25) is 0 Å². The van der Waals surface area contributed by atoms with Gasteiger partial charge in [0.2, 0.25) is 0 Å². The predicted octanol–water partition coefficient (Wildman–Crippen LogP) is 3.44. The van der Waals surface area contributed by atoms with E-state index in [0.29, 0.717) is 17.7 Å². The van der Waals surface area contributed by atoms with Crippen LogP contribution in [-0.4, -0.2) is 36.7 Å². The maximum atomic E-state index is 12.3. The van der Waals surface area contributed by atoms with E-state index in [1.807, 2.05) is 17.0 Å². The molecule has 0 aromatic heterocycles. The molecule has 0 spiro atoms. The van der Waals surface area contributed by atoms with Crippen LogP contribution in [0.15, 0.2) is 24.3 Å². The summed E-state index contributed by atoms with van der Waals surface area (Å²) in [7, 11) is 0. The number of carbonyl (C=O) groups is 1. The third kappa shape index (κ3) is 4.90. The molecule has 1 N–H and O–H groups in total. The van der Waals surface area contributed by atoms with Crippen molar-refractivity contribution in [3.63, 3.8) is 0 Å². The third-order valence-corrected chi connectivity index (χ3v) is 3.98. The minimum absolute atomic E-state index is 0.210. The van der Waals surface area contributed by atoms with Crippen LogP contribution in [0.4, 0.5) is 4.79 Å². The zero-order valence-electron chi connectivity index (χ0n) is 12.5. The smallest absolute Gasteiger partial charge is 0.410 e. The van der Waals surface area contributed by atoms with Gasteiger partial charge in [0.25, 0.3) is 0 Å². The van der Waals surface area contributed by atoms with Crippen molar-refractivity contribution >= 4 is 17.7 Å². The van der Waals surface area contributed by atoms with E-state index in [1.165, 1.54) is 0 Å². The molecule has 0 aliphatic carbocycles. The van der Waals surface area contributed by atoms with Crippen LogP contribution >= 0.6 is 11.6 Å². The molecule has 0 bridgehead atoms. The zero-order valence-corrected chi connectivity index (χ0v) is 13.2. The average molecular weight is 311 g/mol. The molecule has 5 heteroatoms. The number of nitrogens with zero attached hydrogens (tertiary/aromatic N) is 1. The summed E-state index contributed by atoms with van der Waals surface area (Å²) < 4.78 is 5.46. The minimum atomic E-state index is -0.210. The quantitative estimate of drug-likeness (QED) is 0.906. The first-order chi connectivity index (χ1) is 10.2. The summed E-state index contributed by atoms with van der Waals surface area (Å²) in [4.78, 5) is 14.2. The summed E-state index contributed by atoms with van der Waals surface area (Å²) >= 11 is 5.85. The SMILES string of the molecule is CCCN(C(=O)OCc1ccc(Cl)cc1)C1CCNCC1. The first-order valence-electron chi connectivity index (χ1n) is 7.59. The molecular weight excluding hydrogens is 288 g/mol. The van der Waals surface area contributed by atoms with E-state index in [9.17, 15) is 4.79 Å². The van der Waals surface area contributed by atoms with Crippen molar-refractivity contribution in [2.24, 2.45) is 0 Å². The minimum Gasteiger partial charge on any atom is -0.445 e. The Kier molecular flexibility index (Phi) is 6.33. The fourth-order valence-electron chi connectivity index (χ4n) is 2.59. The fourth-order valence-corrected chi connectivity index (χ4v) is 2.72. The van der Waals surface area contributed by atoms with E-state index in [0.717, 1.165) is 44.5 Å². The van der Waals surface area contributed by atoms with Crippen molar-refractivity contribution in [2.75, 3.05) is 19.6 Å². The Bertz CT molecular complexity index is 444. The van der Waals surface area contributed by atoms with Crippen LogP contribution in [0, 0.1) is 0 Å². The molecule has 4 nitrogen and oxygen atoms in total. The van der Waals surface area contributed by atoms with Crippen molar-refractivity contribution in [2.45, 2.75) is 38.8 Å². The van der Waals surface area contributed by atoms with Gasteiger partial charge in [0.15, 0.2) is 0 Å². The molecule has 0 unspecified atom stereocenters. The summed E-state index contributed by atoms with van der Waals surface area (Å²) in [5.41, 5.74) is 0.953. The molecule has 1 saturated heterocycles. The molecule has 1 aliphatic heterocycles. The maximum absolute atomic E-state index is 12.3. The topological polar surface area (TPSA) is 41.6 Å². The lowest BCUT2D eigenvalue weighted by Gasteiger charge is -2.33. The van der Waals surface area contributed by atoms with E-state index in [4.69, 9.17) is 16.3 Å². The molecule has 0 saturated carbocycles. The third-order valence-electron chi connectivity index (χ3n) is 3.72.